The van der Waals surface area contributed by atoms with Gasteiger partial charge in [0.15, 0.2) is 0 Å². The van der Waals surface area contributed by atoms with Gasteiger partial charge in [0.2, 0.25) is 0 Å². The van der Waals surface area contributed by atoms with Gasteiger partial charge in [-0.2, -0.15) is 18.8 Å². The summed E-state index contributed by atoms with van der Waals surface area (Å²) < 4.78 is 0. The monoisotopic (exact) mass is 635 g/mol. The fraction of sp³-hybridized carbons (Fsp3) is 0.581. The van der Waals surface area contributed by atoms with Gasteiger partial charge in [0.05, 0.1) is 0 Å². The minimum Gasteiger partial charge on any atom is -0.504 e. The summed E-state index contributed by atoms with van der Waals surface area (Å²) in [5.74, 6) is 0. The zero-order valence-corrected chi connectivity index (χ0v) is 25.4. The maximum atomic E-state index is 3.69. The first-order valence-electron chi connectivity index (χ1n) is 12.7. The van der Waals surface area contributed by atoms with Crippen molar-refractivity contribution in [2.75, 3.05) is 16.8 Å². The molecule has 0 N–H and O–H groups in total. The molecule has 0 bridgehead atoms. The van der Waals surface area contributed by atoms with E-state index in [1.165, 1.54) is 46.5 Å². The Morgan fingerprint density at radius 1 is 0.706 bits per heavy atom. The largest absolute Gasteiger partial charge is 0.504 e. The topological polar surface area (TPSA) is 6.48 Å². The normalized spacial score (nSPS) is 24.2. The van der Waals surface area contributed by atoms with Gasteiger partial charge in [-0.05, 0) is 70.2 Å². The smallest absolute Gasteiger partial charge is 0.0329 e. The van der Waals surface area contributed by atoms with Crippen LogP contribution in [0.5, 0.6) is 0 Å². The summed E-state index contributed by atoms with van der Waals surface area (Å²) in [5.41, 5.74) is 10.4. The van der Waals surface area contributed by atoms with E-state index in [1.54, 1.807) is 0 Å². The molecule has 1 aliphatic heterocycles. The molecule has 0 saturated heterocycles. The van der Waals surface area contributed by atoms with E-state index in [0.29, 0.717) is 0 Å². The van der Waals surface area contributed by atoms with Crippen molar-refractivity contribution >= 4 is 17.1 Å². The van der Waals surface area contributed by atoms with Gasteiger partial charge in [-0.3, -0.25) is 0 Å². The third kappa shape index (κ3) is 3.15. The quantitative estimate of drug-likeness (QED) is 0.292. The van der Waals surface area contributed by atoms with Crippen LogP contribution >= 0.6 is 0 Å². The van der Waals surface area contributed by atoms with Gasteiger partial charge in [0, 0.05) is 31.5 Å². The van der Waals surface area contributed by atoms with Crippen LogP contribution in [0.2, 0.25) is 0 Å². The first-order valence-corrected chi connectivity index (χ1v) is 12.7. The zero-order chi connectivity index (χ0) is 24.4. The Labute approximate surface area is 221 Å². The van der Waals surface area contributed by atoms with Crippen LogP contribution in [0.1, 0.15) is 104 Å². The Bertz CT molecular complexity index is 1150. The summed E-state index contributed by atoms with van der Waals surface area (Å²) >= 11 is 0. The molecular formula is C31H42IrN2-2. The van der Waals surface area contributed by atoms with Gasteiger partial charge >= 0.3 is 0 Å². The second-order valence-corrected chi connectivity index (χ2v) is 13.8. The van der Waals surface area contributed by atoms with E-state index in [9.17, 15) is 0 Å². The van der Waals surface area contributed by atoms with Crippen LogP contribution in [-0.4, -0.2) is 7.05 Å². The van der Waals surface area contributed by atoms with E-state index < -0.39 is 0 Å². The molecule has 3 heteroatoms. The Morgan fingerprint density at radius 3 is 1.76 bits per heavy atom. The number of fused-ring (bicyclic) bond motifs is 3. The zero-order valence-electron chi connectivity index (χ0n) is 23.0. The molecule has 0 spiro atoms. The summed E-state index contributed by atoms with van der Waals surface area (Å²) in [6.45, 7) is 26.4. The molecular weight excluding hydrogens is 593 g/mol. The summed E-state index contributed by atoms with van der Waals surface area (Å²) in [6.07, 6.45) is 2.47. The fourth-order valence-electron chi connectivity index (χ4n) is 6.66. The van der Waals surface area contributed by atoms with Crippen molar-refractivity contribution in [2.45, 2.75) is 104 Å². The predicted octanol–water partition coefficient (Wildman–Crippen LogP) is 8.14. The van der Waals surface area contributed by atoms with Crippen molar-refractivity contribution in [3.8, 4) is 0 Å². The van der Waals surface area contributed by atoms with Crippen molar-refractivity contribution in [2.24, 2.45) is 5.41 Å². The van der Waals surface area contributed by atoms with E-state index in [1.807, 2.05) is 0 Å². The molecule has 0 saturated carbocycles. The van der Waals surface area contributed by atoms with Crippen LogP contribution in [0.3, 0.4) is 0 Å². The summed E-state index contributed by atoms with van der Waals surface area (Å²) in [6, 6.07) is 13.3. The molecule has 1 heterocycles. The minimum atomic E-state index is 0. The molecule has 2 nitrogen and oxygen atoms in total. The summed E-state index contributed by atoms with van der Waals surface area (Å²) in [7, 11) is 2.18. The Hall–Kier alpha value is -1.31. The second kappa shape index (κ2) is 7.36. The third-order valence-electron chi connectivity index (χ3n) is 10.5. The number of hydrogen-bond donors (Lipinski definition) is 0. The molecule has 0 amide bonds. The van der Waals surface area contributed by atoms with Gasteiger partial charge in [0.25, 0.3) is 0 Å². The van der Waals surface area contributed by atoms with Gasteiger partial charge in [-0.25, -0.2) is 0 Å². The molecule has 2 aromatic rings. The number of anilines is 3. The molecule has 187 valence electrons. The first kappa shape index (κ1) is 25.8. The molecule has 0 atom stereocenters. The van der Waals surface area contributed by atoms with Crippen LogP contribution in [-0.2, 0) is 41.8 Å². The first-order chi connectivity index (χ1) is 15.0. The van der Waals surface area contributed by atoms with E-state index in [-0.39, 0.29) is 47.2 Å². The molecule has 0 fully saturated rings. The van der Waals surface area contributed by atoms with Crippen LogP contribution in [0.25, 0.3) is 0 Å². The van der Waals surface area contributed by atoms with Crippen LogP contribution in [0.4, 0.5) is 17.1 Å². The van der Waals surface area contributed by atoms with Crippen molar-refractivity contribution in [3.05, 3.63) is 59.3 Å². The Kier molecular flexibility index (Phi) is 5.58. The Morgan fingerprint density at radius 2 is 1.21 bits per heavy atom. The maximum absolute atomic E-state index is 3.69. The molecule has 5 rings (SSSR count). The minimum absolute atomic E-state index is 0. The number of benzene rings is 2. The van der Waals surface area contributed by atoms with Gasteiger partial charge in [-0.1, -0.05) is 69.2 Å². The van der Waals surface area contributed by atoms with E-state index in [4.69, 9.17) is 0 Å². The summed E-state index contributed by atoms with van der Waals surface area (Å²) in [5, 5.41) is 0. The standard InChI is InChI=1S/C31H42N2.Ir/c1-27(2)14-15-28(3,4)23-18-26-25(17-22(23)27)32(11)19-33(26)20-12-13-21-24(16-20)30(7,8)31(9,10)29(21,5)6;/h13,16-19H,14-15H2,1-11H3;/q-2;. The molecule has 34 heavy (non-hydrogen) atoms. The van der Waals surface area contributed by atoms with Gasteiger partial charge in [-0.15, -0.1) is 22.9 Å². The van der Waals surface area contributed by atoms with Crippen molar-refractivity contribution in [1.82, 2.24) is 0 Å². The molecule has 0 aromatic heterocycles. The SMILES string of the molecule is CN1[CH-]N(c2[c-]cc3c(c2)C(C)(C)C(C)(C)C3(C)C)c2cc3c(cc21)C(C)(C)CCC3(C)C.[Ir]. The molecule has 2 aliphatic carbocycles. The number of nitrogens with zero attached hydrogens (tertiary/aromatic N) is 2. The van der Waals surface area contributed by atoms with Gasteiger partial charge in [0.1, 0.15) is 0 Å². The third-order valence-corrected chi connectivity index (χ3v) is 10.5. The van der Waals surface area contributed by atoms with E-state index in [2.05, 4.69) is 123 Å². The molecule has 2 aromatic carbocycles. The average Bonchev–Trinajstić information content (AvgIpc) is 3.10. The molecule has 0 unspecified atom stereocenters. The van der Waals surface area contributed by atoms with Crippen molar-refractivity contribution < 1.29 is 20.1 Å². The fourth-order valence-corrected chi connectivity index (χ4v) is 6.66. The number of hydrogen-bond acceptors (Lipinski definition) is 2. The maximum Gasteiger partial charge on any atom is 0.0329 e. The second-order valence-electron chi connectivity index (χ2n) is 13.8. The predicted molar refractivity (Wildman–Crippen MR) is 142 cm³/mol. The van der Waals surface area contributed by atoms with Crippen molar-refractivity contribution in [3.63, 3.8) is 0 Å². The number of rotatable bonds is 1. The van der Waals surface area contributed by atoms with E-state index >= 15 is 0 Å². The van der Waals surface area contributed by atoms with Gasteiger partial charge < -0.3 is 9.80 Å². The van der Waals surface area contributed by atoms with Crippen LogP contribution in [0, 0.1) is 18.2 Å². The van der Waals surface area contributed by atoms with E-state index in [0.717, 1.165) is 5.69 Å². The average molecular weight is 635 g/mol. The van der Waals surface area contributed by atoms with Crippen molar-refractivity contribution in [1.29, 1.82) is 0 Å². The molecule has 1 radical (unpaired) electrons. The van der Waals surface area contributed by atoms with Crippen LogP contribution < -0.4 is 9.80 Å². The molecule has 3 aliphatic rings. The van der Waals surface area contributed by atoms with Crippen LogP contribution in [0.15, 0.2) is 24.3 Å². The summed E-state index contributed by atoms with van der Waals surface area (Å²) in [4.78, 5) is 4.65. The Balaban J connectivity index is 0.00000274.